The van der Waals surface area contributed by atoms with Crippen molar-refractivity contribution in [2.24, 2.45) is 11.8 Å². The Hall–Kier alpha value is -1.59. The molecule has 0 heterocycles. The van der Waals surface area contributed by atoms with E-state index in [1.165, 1.54) is 167 Å². The van der Waals surface area contributed by atoms with Gasteiger partial charge in [-0.15, -0.1) is 0 Å². The zero-order chi connectivity index (χ0) is 41.9. The van der Waals surface area contributed by atoms with Crippen LogP contribution in [0.1, 0.15) is 279 Å². The first-order valence-corrected chi connectivity index (χ1v) is 25.2. The Kier molecular flexibility index (Phi) is 42.7. The van der Waals surface area contributed by atoms with E-state index in [4.69, 9.17) is 14.2 Å². The van der Waals surface area contributed by atoms with E-state index in [-0.39, 0.29) is 31.1 Å². The van der Waals surface area contributed by atoms with Crippen LogP contribution in [0.25, 0.3) is 0 Å². The van der Waals surface area contributed by atoms with Gasteiger partial charge in [-0.2, -0.15) is 0 Å². The van der Waals surface area contributed by atoms with Crippen molar-refractivity contribution in [2.75, 3.05) is 13.2 Å². The summed E-state index contributed by atoms with van der Waals surface area (Å²) in [6.07, 6.45) is 43.8. The molecule has 0 saturated heterocycles. The van der Waals surface area contributed by atoms with Gasteiger partial charge in [0.15, 0.2) is 6.10 Å². The minimum absolute atomic E-state index is 0.0647. The van der Waals surface area contributed by atoms with E-state index < -0.39 is 6.10 Å². The fraction of sp³-hybridized carbons (Fsp3) is 0.941. The zero-order valence-electron chi connectivity index (χ0n) is 39.0. The zero-order valence-corrected chi connectivity index (χ0v) is 39.0. The van der Waals surface area contributed by atoms with Crippen LogP contribution in [0.2, 0.25) is 0 Å². The SMILES string of the molecule is CCCCCCCCCCCCCCCCCCC(=O)O[C@@H](COC(=O)CCCCCCCCCCCC(C)C)COC(=O)CCCCCCCCCCC(C)C. The third kappa shape index (κ3) is 45.3. The minimum atomic E-state index is -0.761. The summed E-state index contributed by atoms with van der Waals surface area (Å²) < 4.78 is 16.8. The van der Waals surface area contributed by atoms with Crippen LogP contribution in [-0.2, 0) is 28.6 Å². The molecule has 0 fully saturated rings. The van der Waals surface area contributed by atoms with Crippen LogP contribution in [0.4, 0.5) is 0 Å². The molecule has 0 aromatic rings. The lowest BCUT2D eigenvalue weighted by Gasteiger charge is -2.18. The largest absolute Gasteiger partial charge is 0.462 e. The predicted octanol–water partition coefficient (Wildman–Crippen LogP) is 16.1. The standard InChI is InChI=1S/C51H98O6/c1-6-7-8-9-10-11-12-13-14-15-16-17-20-28-33-38-43-51(54)57-48(45-56-50(53)42-37-32-27-23-22-25-30-35-40-47(4)5)44-55-49(52)41-36-31-26-21-18-19-24-29-34-39-46(2)3/h46-48H,6-45H2,1-5H3/t48-/m0/s1. The van der Waals surface area contributed by atoms with E-state index in [1.807, 2.05) is 0 Å². The van der Waals surface area contributed by atoms with Crippen molar-refractivity contribution in [2.45, 2.75) is 285 Å². The lowest BCUT2D eigenvalue weighted by Crippen LogP contribution is -2.30. The van der Waals surface area contributed by atoms with Crippen LogP contribution in [0.15, 0.2) is 0 Å². The van der Waals surface area contributed by atoms with Gasteiger partial charge < -0.3 is 14.2 Å². The molecule has 0 aromatic heterocycles. The number of unbranched alkanes of at least 4 members (excludes halogenated alkanes) is 30. The van der Waals surface area contributed by atoms with Gasteiger partial charge in [0.05, 0.1) is 0 Å². The molecule has 6 nitrogen and oxygen atoms in total. The lowest BCUT2D eigenvalue weighted by atomic mass is 10.0. The van der Waals surface area contributed by atoms with Crippen LogP contribution in [0, 0.1) is 11.8 Å². The Morgan fingerprint density at radius 1 is 0.333 bits per heavy atom. The van der Waals surface area contributed by atoms with Gasteiger partial charge in [-0.25, -0.2) is 0 Å². The van der Waals surface area contributed by atoms with Crippen molar-refractivity contribution in [3.8, 4) is 0 Å². The second-order valence-electron chi connectivity index (χ2n) is 18.4. The van der Waals surface area contributed by atoms with Crippen molar-refractivity contribution in [3.63, 3.8) is 0 Å². The highest BCUT2D eigenvalue weighted by molar-refractivity contribution is 5.71. The summed E-state index contributed by atoms with van der Waals surface area (Å²) in [4.78, 5) is 37.9. The molecule has 6 heteroatoms. The van der Waals surface area contributed by atoms with E-state index in [0.717, 1.165) is 69.6 Å². The maximum atomic E-state index is 12.8. The van der Waals surface area contributed by atoms with E-state index >= 15 is 0 Å². The molecule has 0 rings (SSSR count). The Morgan fingerprint density at radius 3 is 0.860 bits per heavy atom. The van der Waals surface area contributed by atoms with Gasteiger partial charge in [0, 0.05) is 19.3 Å². The second-order valence-corrected chi connectivity index (χ2v) is 18.4. The molecule has 57 heavy (non-hydrogen) atoms. The fourth-order valence-corrected chi connectivity index (χ4v) is 7.64. The Labute approximate surface area is 355 Å². The lowest BCUT2D eigenvalue weighted by molar-refractivity contribution is -0.167. The maximum Gasteiger partial charge on any atom is 0.306 e. The van der Waals surface area contributed by atoms with E-state index in [2.05, 4.69) is 34.6 Å². The monoisotopic (exact) mass is 807 g/mol. The molecule has 0 radical (unpaired) electrons. The van der Waals surface area contributed by atoms with Crippen LogP contribution in [-0.4, -0.2) is 37.2 Å². The molecular weight excluding hydrogens is 709 g/mol. The van der Waals surface area contributed by atoms with E-state index in [9.17, 15) is 14.4 Å². The number of hydrogen-bond acceptors (Lipinski definition) is 6. The normalized spacial score (nSPS) is 12.1. The molecule has 0 bridgehead atoms. The number of hydrogen-bond donors (Lipinski definition) is 0. The van der Waals surface area contributed by atoms with Crippen LogP contribution >= 0.6 is 0 Å². The maximum absolute atomic E-state index is 12.8. The average Bonchev–Trinajstić information content (AvgIpc) is 3.18. The molecule has 0 N–H and O–H groups in total. The smallest absolute Gasteiger partial charge is 0.306 e. The summed E-state index contributed by atoms with van der Waals surface area (Å²) in [5.74, 6) is 0.752. The molecule has 0 unspecified atom stereocenters. The van der Waals surface area contributed by atoms with Crippen LogP contribution in [0.5, 0.6) is 0 Å². The molecule has 0 spiro atoms. The molecule has 0 saturated carbocycles. The molecule has 0 amide bonds. The fourth-order valence-electron chi connectivity index (χ4n) is 7.64. The van der Waals surface area contributed by atoms with Crippen molar-refractivity contribution in [1.82, 2.24) is 0 Å². The average molecular weight is 807 g/mol. The quantitative estimate of drug-likeness (QED) is 0.0346. The summed E-state index contributed by atoms with van der Waals surface area (Å²) >= 11 is 0. The summed E-state index contributed by atoms with van der Waals surface area (Å²) in [5, 5.41) is 0. The van der Waals surface area contributed by atoms with Crippen molar-refractivity contribution >= 4 is 17.9 Å². The van der Waals surface area contributed by atoms with Gasteiger partial charge in [-0.3, -0.25) is 14.4 Å². The van der Waals surface area contributed by atoms with Crippen molar-refractivity contribution in [3.05, 3.63) is 0 Å². The third-order valence-corrected chi connectivity index (χ3v) is 11.5. The first-order chi connectivity index (χ1) is 27.7. The second kappa shape index (κ2) is 44.0. The predicted molar refractivity (Wildman–Crippen MR) is 243 cm³/mol. The summed E-state index contributed by atoms with van der Waals surface area (Å²) in [7, 11) is 0. The summed E-state index contributed by atoms with van der Waals surface area (Å²) in [6.45, 7) is 11.3. The number of esters is 3. The van der Waals surface area contributed by atoms with Gasteiger partial charge in [0.1, 0.15) is 13.2 Å². The number of ether oxygens (including phenoxy) is 3. The third-order valence-electron chi connectivity index (χ3n) is 11.5. The van der Waals surface area contributed by atoms with Gasteiger partial charge in [0.2, 0.25) is 0 Å². The Morgan fingerprint density at radius 2 is 0.579 bits per heavy atom. The molecular formula is C51H98O6. The Bertz CT molecular complexity index is 870. The Balaban J connectivity index is 4.31. The molecule has 1 atom stereocenters. The van der Waals surface area contributed by atoms with Crippen molar-refractivity contribution < 1.29 is 28.6 Å². The highest BCUT2D eigenvalue weighted by Crippen LogP contribution is 2.17. The van der Waals surface area contributed by atoms with Crippen LogP contribution in [0.3, 0.4) is 0 Å². The molecule has 0 aliphatic rings. The summed E-state index contributed by atoms with van der Waals surface area (Å²) in [5.41, 5.74) is 0. The summed E-state index contributed by atoms with van der Waals surface area (Å²) in [6, 6.07) is 0. The molecule has 338 valence electrons. The van der Waals surface area contributed by atoms with Gasteiger partial charge >= 0.3 is 17.9 Å². The highest BCUT2D eigenvalue weighted by atomic mass is 16.6. The number of rotatable bonds is 45. The topological polar surface area (TPSA) is 78.9 Å². The van der Waals surface area contributed by atoms with Gasteiger partial charge in [-0.1, -0.05) is 240 Å². The van der Waals surface area contributed by atoms with E-state index in [1.54, 1.807) is 0 Å². The van der Waals surface area contributed by atoms with Crippen molar-refractivity contribution in [1.29, 1.82) is 0 Å². The number of carbonyl (C=O) groups excluding carboxylic acids is 3. The van der Waals surface area contributed by atoms with Crippen LogP contribution < -0.4 is 0 Å². The minimum Gasteiger partial charge on any atom is -0.462 e. The first kappa shape index (κ1) is 55.4. The number of carbonyl (C=O) groups is 3. The highest BCUT2D eigenvalue weighted by Gasteiger charge is 2.19. The molecule has 0 aliphatic carbocycles. The van der Waals surface area contributed by atoms with Gasteiger partial charge in [0.25, 0.3) is 0 Å². The molecule has 0 aliphatic heterocycles. The van der Waals surface area contributed by atoms with E-state index in [0.29, 0.717) is 19.3 Å². The first-order valence-electron chi connectivity index (χ1n) is 25.2. The van der Waals surface area contributed by atoms with Gasteiger partial charge in [-0.05, 0) is 31.1 Å². The molecule has 0 aromatic carbocycles.